The summed E-state index contributed by atoms with van der Waals surface area (Å²) in [5.41, 5.74) is 2.56. The minimum atomic E-state index is 0.261. The summed E-state index contributed by atoms with van der Waals surface area (Å²) in [6.45, 7) is 6.63. The van der Waals surface area contributed by atoms with Gasteiger partial charge in [-0.1, -0.05) is 20.8 Å². The molecule has 0 aromatic carbocycles. The van der Waals surface area contributed by atoms with Crippen molar-refractivity contribution >= 4 is 5.82 Å². The van der Waals surface area contributed by atoms with Gasteiger partial charge in [-0.25, -0.2) is 10.8 Å². The Morgan fingerprint density at radius 2 is 2.11 bits per heavy atom. The Hall–Kier alpha value is -1.36. The zero-order valence-corrected chi connectivity index (χ0v) is 12.0. The Balaban J connectivity index is 2.06. The topological polar surface area (TPSA) is 73.1 Å². The number of aryl methyl sites for hydroxylation is 1. The van der Waals surface area contributed by atoms with E-state index in [0.29, 0.717) is 17.6 Å². The molecule has 0 saturated heterocycles. The third kappa shape index (κ3) is 3.56. The lowest BCUT2D eigenvalue weighted by atomic mass is 9.80. The van der Waals surface area contributed by atoms with Gasteiger partial charge in [0.25, 0.3) is 0 Å². The molecule has 1 aliphatic carbocycles. The number of aromatic nitrogens is 2. The van der Waals surface area contributed by atoms with Crippen LogP contribution in [0, 0.1) is 11.8 Å². The molecular weight excluding hydrogens is 240 g/mol. The largest absolute Gasteiger partial charge is 0.474 e. The van der Waals surface area contributed by atoms with Gasteiger partial charge in [0.15, 0.2) is 0 Å². The van der Waals surface area contributed by atoms with E-state index >= 15 is 0 Å². The fourth-order valence-corrected chi connectivity index (χ4v) is 2.54. The minimum absolute atomic E-state index is 0.261. The number of nitrogen functional groups attached to an aromatic ring is 1. The second-order valence-electron chi connectivity index (χ2n) is 5.51. The SMILES string of the molecule is CCc1nc(NN)cc(OC2CCC(C)C(C)C2)n1. The van der Waals surface area contributed by atoms with Crippen LogP contribution in [0.1, 0.15) is 45.9 Å². The Bertz CT molecular complexity index is 402. The number of nitrogens with zero attached hydrogens (tertiary/aromatic N) is 2. The molecule has 5 nitrogen and oxygen atoms in total. The van der Waals surface area contributed by atoms with Crippen molar-refractivity contribution in [2.45, 2.75) is 52.6 Å². The van der Waals surface area contributed by atoms with E-state index in [9.17, 15) is 0 Å². The monoisotopic (exact) mass is 264 g/mol. The average molecular weight is 264 g/mol. The number of anilines is 1. The second-order valence-corrected chi connectivity index (χ2v) is 5.51. The molecule has 3 N–H and O–H groups in total. The van der Waals surface area contributed by atoms with E-state index < -0.39 is 0 Å². The normalized spacial score (nSPS) is 27.1. The second kappa shape index (κ2) is 6.19. The third-order valence-electron chi connectivity index (χ3n) is 4.05. The number of ether oxygens (including phenoxy) is 1. The van der Waals surface area contributed by atoms with Crippen molar-refractivity contribution in [2.24, 2.45) is 17.7 Å². The molecule has 106 valence electrons. The molecule has 1 saturated carbocycles. The summed E-state index contributed by atoms with van der Waals surface area (Å²) < 4.78 is 6.01. The molecule has 0 bridgehead atoms. The highest BCUT2D eigenvalue weighted by Gasteiger charge is 2.26. The van der Waals surface area contributed by atoms with Gasteiger partial charge in [-0.15, -0.1) is 0 Å². The lowest BCUT2D eigenvalue weighted by Gasteiger charge is -2.31. The highest BCUT2D eigenvalue weighted by Crippen LogP contribution is 2.31. The molecule has 1 aliphatic rings. The summed E-state index contributed by atoms with van der Waals surface area (Å²) in [6, 6.07) is 1.77. The van der Waals surface area contributed by atoms with Gasteiger partial charge in [0.1, 0.15) is 17.7 Å². The van der Waals surface area contributed by atoms with E-state index in [-0.39, 0.29) is 6.10 Å². The predicted molar refractivity (Wildman–Crippen MR) is 75.8 cm³/mol. The predicted octanol–water partition coefficient (Wildman–Crippen LogP) is 2.53. The van der Waals surface area contributed by atoms with Crippen molar-refractivity contribution in [3.63, 3.8) is 0 Å². The lowest BCUT2D eigenvalue weighted by Crippen LogP contribution is -2.29. The van der Waals surface area contributed by atoms with Crippen LogP contribution in [0.2, 0.25) is 0 Å². The van der Waals surface area contributed by atoms with Crippen LogP contribution in [0.3, 0.4) is 0 Å². The van der Waals surface area contributed by atoms with Crippen molar-refractivity contribution in [2.75, 3.05) is 5.43 Å². The van der Waals surface area contributed by atoms with Gasteiger partial charge in [-0.3, -0.25) is 0 Å². The first-order valence-electron chi connectivity index (χ1n) is 7.13. The molecule has 19 heavy (non-hydrogen) atoms. The maximum Gasteiger partial charge on any atom is 0.219 e. The fourth-order valence-electron chi connectivity index (χ4n) is 2.54. The first-order valence-corrected chi connectivity index (χ1v) is 7.13. The molecule has 1 heterocycles. The summed E-state index contributed by atoms with van der Waals surface area (Å²) in [7, 11) is 0. The van der Waals surface area contributed by atoms with Crippen molar-refractivity contribution in [1.29, 1.82) is 0 Å². The maximum absolute atomic E-state index is 6.01. The van der Waals surface area contributed by atoms with Gasteiger partial charge in [-0.05, 0) is 31.1 Å². The van der Waals surface area contributed by atoms with Crippen LogP contribution in [-0.2, 0) is 6.42 Å². The number of hydrogen-bond acceptors (Lipinski definition) is 5. The number of hydrazine groups is 1. The van der Waals surface area contributed by atoms with E-state index in [1.807, 2.05) is 6.92 Å². The summed E-state index contributed by atoms with van der Waals surface area (Å²) in [5.74, 6) is 8.91. The Labute approximate surface area is 114 Å². The van der Waals surface area contributed by atoms with Gasteiger partial charge in [-0.2, -0.15) is 4.98 Å². The zero-order chi connectivity index (χ0) is 13.8. The average Bonchev–Trinajstić information content (AvgIpc) is 2.42. The molecule has 3 unspecified atom stereocenters. The molecule has 3 atom stereocenters. The molecule has 1 aromatic rings. The first kappa shape index (κ1) is 14.1. The smallest absolute Gasteiger partial charge is 0.219 e. The Morgan fingerprint density at radius 3 is 2.74 bits per heavy atom. The number of hydrogen-bond donors (Lipinski definition) is 2. The Kier molecular flexibility index (Phi) is 4.58. The standard InChI is InChI=1S/C14H24N4O/c1-4-12-16-13(18-15)8-14(17-12)19-11-6-5-9(2)10(3)7-11/h8-11H,4-7,15H2,1-3H3,(H,16,17,18). The van der Waals surface area contributed by atoms with Crippen LogP contribution >= 0.6 is 0 Å². The van der Waals surface area contributed by atoms with Crippen LogP contribution in [0.5, 0.6) is 5.88 Å². The third-order valence-corrected chi connectivity index (χ3v) is 4.05. The van der Waals surface area contributed by atoms with E-state index in [1.54, 1.807) is 6.07 Å². The van der Waals surface area contributed by atoms with Gasteiger partial charge in [0.2, 0.25) is 5.88 Å². The Morgan fingerprint density at radius 1 is 1.32 bits per heavy atom. The molecule has 0 amide bonds. The van der Waals surface area contributed by atoms with Crippen molar-refractivity contribution in [1.82, 2.24) is 9.97 Å². The highest BCUT2D eigenvalue weighted by molar-refractivity contribution is 5.37. The molecule has 1 fully saturated rings. The quantitative estimate of drug-likeness (QED) is 0.646. The molecule has 2 rings (SSSR count). The number of nitrogens with two attached hydrogens (primary N) is 1. The summed E-state index contributed by atoms with van der Waals surface area (Å²) >= 11 is 0. The summed E-state index contributed by atoms with van der Waals surface area (Å²) in [6.07, 6.45) is 4.45. The fraction of sp³-hybridized carbons (Fsp3) is 0.714. The first-order chi connectivity index (χ1) is 9.12. The maximum atomic E-state index is 6.01. The molecule has 0 spiro atoms. The van der Waals surface area contributed by atoms with Crippen LogP contribution < -0.4 is 16.0 Å². The molecule has 5 heteroatoms. The van der Waals surface area contributed by atoms with Crippen molar-refractivity contribution in [3.8, 4) is 5.88 Å². The zero-order valence-electron chi connectivity index (χ0n) is 12.0. The van der Waals surface area contributed by atoms with Gasteiger partial charge in [0.05, 0.1) is 0 Å². The number of nitrogens with one attached hydrogen (secondary N) is 1. The van der Waals surface area contributed by atoms with Gasteiger partial charge in [0, 0.05) is 12.5 Å². The molecular formula is C14H24N4O. The van der Waals surface area contributed by atoms with Crippen LogP contribution in [0.4, 0.5) is 5.82 Å². The molecule has 0 aliphatic heterocycles. The van der Waals surface area contributed by atoms with Crippen molar-refractivity contribution < 1.29 is 4.74 Å². The van der Waals surface area contributed by atoms with Crippen LogP contribution in [0.25, 0.3) is 0 Å². The lowest BCUT2D eigenvalue weighted by molar-refractivity contribution is 0.0962. The summed E-state index contributed by atoms with van der Waals surface area (Å²) in [4.78, 5) is 8.67. The van der Waals surface area contributed by atoms with E-state index in [4.69, 9.17) is 10.6 Å². The summed E-state index contributed by atoms with van der Waals surface area (Å²) in [5, 5.41) is 0. The number of rotatable bonds is 4. The molecule has 1 aromatic heterocycles. The van der Waals surface area contributed by atoms with Crippen molar-refractivity contribution in [3.05, 3.63) is 11.9 Å². The van der Waals surface area contributed by atoms with Gasteiger partial charge < -0.3 is 10.2 Å². The minimum Gasteiger partial charge on any atom is -0.474 e. The van der Waals surface area contributed by atoms with Gasteiger partial charge >= 0.3 is 0 Å². The van der Waals surface area contributed by atoms with E-state index in [1.165, 1.54) is 6.42 Å². The molecule has 0 radical (unpaired) electrons. The van der Waals surface area contributed by atoms with E-state index in [0.717, 1.165) is 31.0 Å². The van der Waals surface area contributed by atoms with Crippen LogP contribution in [-0.4, -0.2) is 16.1 Å². The van der Waals surface area contributed by atoms with E-state index in [2.05, 4.69) is 29.2 Å². The highest BCUT2D eigenvalue weighted by atomic mass is 16.5. The van der Waals surface area contributed by atoms with Crippen LogP contribution in [0.15, 0.2) is 6.07 Å².